The molecule has 0 unspecified atom stereocenters. The number of aromatic amines is 1. The Balaban J connectivity index is 1.83. The Labute approximate surface area is 163 Å². The molecule has 1 heterocycles. The number of H-pyrrole nitrogens is 1. The molecule has 7 nitrogen and oxygen atoms in total. The number of anilines is 1. The van der Waals surface area contributed by atoms with E-state index in [0.29, 0.717) is 11.0 Å². The van der Waals surface area contributed by atoms with Crippen LogP contribution in [0.1, 0.15) is 16.2 Å². The van der Waals surface area contributed by atoms with Gasteiger partial charge in [0.2, 0.25) is 0 Å². The number of hydrogen-bond acceptors (Lipinski definition) is 6. The Morgan fingerprint density at radius 1 is 1.33 bits per heavy atom. The molecule has 0 saturated carbocycles. The van der Waals surface area contributed by atoms with Crippen LogP contribution in [0.25, 0.3) is 16.6 Å². The monoisotopic (exact) mass is 402 g/mol. The molecular weight excluding hydrogens is 391 g/mol. The van der Waals surface area contributed by atoms with Gasteiger partial charge in [-0.25, -0.2) is 9.78 Å². The van der Waals surface area contributed by atoms with Crippen LogP contribution in [0.15, 0.2) is 42.2 Å². The number of carbonyl (C=O) groups excluding carboxylic acids is 1. The summed E-state index contributed by atoms with van der Waals surface area (Å²) in [7, 11) is 0. The van der Waals surface area contributed by atoms with Gasteiger partial charge in [-0.15, -0.1) is 0 Å². The number of nitrogen functional groups attached to an aromatic ring is 1. The third-order valence-electron chi connectivity index (χ3n) is 3.68. The summed E-state index contributed by atoms with van der Waals surface area (Å²) in [5, 5.41) is 19.9. The van der Waals surface area contributed by atoms with Crippen molar-refractivity contribution < 1.29 is 14.6 Å². The van der Waals surface area contributed by atoms with Gasteiger partial charge in [-0.05, 0) is 24.3 Å². The lowest BCUT2D eigenvalue weighted by atomic mass is 10.2. The zero-order valence-corrected chi connectivity index (χ0v) is 15.2. The average molecular weight is 403 g/mol. The molecule has 1 aromatic heterocycles. The molecular formula is C18H12Cl2N4O3. The number of allylic oxidation sites excluding steroid dienone is 1. The summed E-state index contributed by atoms with van der Waals surface area (Å²) in [4.78, 5) is 19.4. The molecule has 0 atom stereocenters. The number of fused-ring (bicyclic) bond motifs is 1. The number of nitriles is 1. The number of para-hydroxylation sites is 2. The number of aliphatic hydroxyl groups excluding tert-OH is 1. The molecule has 0 aliphatic carbocycles. The number of nitrogens with zero attached hydrogens (tertiary/aromatic N) is 2. The van der Waals surface area contributed by atoms with Crippen LogP contribution in [-0.2, 0) is 4.74 Å². The van der Waals surface area contributed by atoms with Gasteiger partial charge in [0.25, 0.3) is 0 Å². The van der Waals surface area contributed by atoms with Crippen molar-refractivity contribution >= 4 is 51.5 Å². The first kappa shape index (κ1) is 18.6. The SMILES string of the molecule is N#CC(=C(O)COC(=O)c1cc(Cl)cc(Cl)c1N)c1nc2ccccc2[nH]1. The first-order valence-electron chi connectivity index (χ1n) is 7.59. The minimum absolute atomic E-state index is 0.00678. The highest BCUT2D eigenvalue weighted by Gasteiger charge is 2.18. The topological polar surface area (TPSA) is 125 Å². The molecule has 0 aliphatic rings. The summed E-state index contributed by atoms with van der Waals surface area (Å²) in [6, 6.07) is 11.7. The fraction of sp³-hybridized carbons (Fsp3) is 0.0556. The van der Waals surface area contributed by atoms with Crippen LogP contribution in [0.4, 0.5) is 5.69 Å². The maximum Gasteiger partial charge on any atom is 0.340 e. The summed E-state index contributed by atoms with van der Waals surface area (Å²) in [6.07, 6.45) is 0. The van der Waals surface area contributed by atoms with E-state index in [-0.39, 0.29) is 32.7 Å². The van der Waals surface area contributed by atoms with Crippen molar-refractivity contribution in [2.75, 3.05) is 12.3 Å². The standard InChI is InChI=1S/C18H12Cl2N4O3/c19-9-5-10(16(22)12(20)6-9)18(26)27-8-15(25)11(7-21)17-23-13-3-1-2-4-14(13)24-17/h1-6,25H,8,22H2,(H,23,24). The number of hydrogen-bond donors (Lipinski definition) is 3. The number of nitrogens with one attached hydrogen (secondary N) is 1. The van der Waals surface area contributed by atoms with E-state index in [4.69, 9.17) is 33.7 Å². The van der Waals surface area contributed by atoms with Crippen molar-refractivity contribution in [2.24, 2.45) is 0 Å². The lowest BCUT2D eigenvalue weighted by Crippen LogP contribution is -2.11. The highest BCUT2D eigenvalue weighted by Crippen LogP contribution is 2.28. The van der Waals surface area contributed by atoms with Crippen molar-refractivity contribution in [3.63, 3.8) is 0 Å². The van der Waals surface area contributed by atoms with Crippen LogP contribution in [0.3, 0.4) is 0 Å². The summed E-state index contributed by atoms with van der Waals surface area (Å²) in [6.45, 7) is -0.553. The predicted octanol–water partition coefficient (Wildman–Crippen LogP) is 4.10. The van der Waals surface area contributed by atoms with Gasteiger partial charge in [-0.2, -0.15) is 5.26 Å². The zero-order valence-electron chi connectivity index (χ0n) is 13.7. The van der Waals surface area contributed by atoms with Crippen molar-refractivity contribution in [2.45, 2.75) is 0 Å². The van der Waals surface area contributed by atoms with Gasteiger partial charge in [-0.3, -0.25) is 0 Å². The Bertz CT molecular complexity index is 1080. The smallest absolute Gasteiger partial charge is 0.340 e. The molecule has 0 fully saturated rings. The summed E-state index contributed by atoms with van der Waals surface area (Å²) in [5.74, 6) is -1.14. The zero-order chi connectivity index (χ0) is 19.6. The van der Waals surface area contributed by atoms with E-state index in [9.17, 15) is 15.2 Å². The van der Waals surface area contributed by atoms with E-state index >= 15 is 0 Å². The van der Waals surface area contributed by atoms with Gasteiger partial charge in [-0.1, -0.05) is 35.3 Å². The van der Waals surface area contributed by atoms with E-state index in [1.807, 2.05) is 12.1 Å². The summed E-state index contributed by atoms with van der Waals surface area (Å²) >= 11 is 11.7. The maximum absolute atomic E-state index is 12.2. The van der Waals surface area contributed by atoms with E-state index in [1.54, 1.807) is 18.2 Å². The molecule has 9 heteroatoms. The first-order valence-corrected chi connectivity index (χ1v) is 8.35. The van der Waals surface area contributed by atoms with Crippen molar-refractivity contribution in [3.8, 4) is 6.07 Å². The molecule has 0 bridgehead atoms. The van der Waals surface area contributed by atoms with Crippen molar-refractivity contribution in [1.82, 2.24) is 9.97 Å². The van der Waals surface area contributed by atoms with Crippen LogP contribution in [-0.4, -0.2) is 27.7 Å². The number of aromatic nitrogens is 2. The number of imidazole rings is 1. The third-order valence-corrected chi connectivity index (χ3v) is 4.21. The predicted molar refractivity (Wildman–Crippen MR) is 102 cm³/mol. The second-order valence-electron chi connectivity index (χ2n) is 5.46. The molecule has 4 N–H and O–H groups in total. The molecule has 3 aromatic rings. The van der Waals surface area contributed by atoms with Crippen LogP contribution >= 0.6 is 23.2 Å². The Morgan fingerprint density at radius 2 is 2.07 bits per heavy atom. The number of benzene rings is 2. The number of ether oxygens (including phenoxy) is 1. The van der Waals surface area contributed by atoms with Crippen molar-refractivity contribution in [1.29, 1.82) is 5.26 Å². The molecule has 0 saturated heterocycles. The second-order valence-corrected chi connectivity index (χ2v) is 6.30. The van der Waals surface area contributed by atoms with Gasteiger partial charge in [0.05, 0.1) is 27.3 Å². The quantitative estimate of drug-likeness (QED) is 0.261. The number of aliphatic hydroxyl groups is 1. The molecule has 27 heavy (non-hydrogen) atoms. The number of esters is 1. The fourth-order valence-corrected chi connectivity index (χ4v) is 2.86. The molecule has 0 radical (unpaired) electrons. The lowest BCUT2D eigenvalue weighted by molar-refractivity contribution is 0.0504. The largest absolute Gasteiger partial charge is 0.507 e. The molecule has 0 spiro atoms. The van der Waals surface area contributed by atoms with Gasteiger partial charge in [0.1, 0.15) is 18.2 Å². The highest BCUT2D eigenvalue weighted by atomic mass is 35.5. The number of rotatable bonds is 4. The average Bonchev–Trinajstić information content (AvgIpc) is 3.06. The Morgan fingerprint density at radius 3 is 2.78 bits per heavy atom. The van der Waals surface area contributed by atoms with Gasteiger partial charge >= 0.3 is 5.97 Å². The third kappa shape index (κ3) is 3.82. The molecule has 3 rings (SSSR count). The molecule has 0 amide bonds. The minimum Gasteiger partial charge on any atom is -0.507 e. The molecule has 0 aliphatic heterocycles. The van der Waals surface area contributed by atoms with E-state index in [2.05, 4.69) is 9.97 Å². The normalized spacial score (nSPS) is 11.7. The van der Waals surface area contributed by atoms with Gasteiger partial charge in [0.15, 0.2) is 11.6 Å². The number of carbonyl (C=O) groups is 1. The van der Waals surface area contributed by atoms with Crippen LogP contribution in [0.2, 0.25) is 10.0 Å². The van der Waals surface area contributed by atoms with Gasteiger partial charge < -0.3 is 20.6 Å². The highest BCUT2D eigenvalue weighted by molar-refractivity contribution is 6.37. The number of nitrogens with two attached hydrogens (primary N) is 1. The first-order chi connectivity index (χ1) is 12.9. The van der Waals surface area contributed by atoms with Crippen LogP contribution in [0.5, 0.6) is 0 Å². The maximum atomic E-state index is 12.2. The number of halogens is 2. The fourth-order valence-electron chi connectivity index (χ4n) is 2.36. The summed E-state index contributed by atoms with van der Waals surface area (Å²) in [5.41, 5.74) is 6.90. The van der Waals surface area contributed by atoms with E-state index in [0.717, 1.165) is 0 Å². The van der Waals surface area contributed by atoms with E-state index in [1.165, 1.54) is 12.1 Å². The van der Waals surface area contributed by atoms with Crippen LogP contribution < -0.4 is 5.73 Å². The molecule has 136 valence electrons. The summed E-state index contributed by atoms with van der Waals surface area (Å²) < 4.78 is 5.02. The Hall–Kier alpha value is -3.21. The molecule has 2 aromatic carbocycles. The van der Waals surface area contributed by atoms with E-state index < -0.39 is 18.3 Å². The van der Waals surface area contributed by atoms with Crippen LogP contribution in [0, 0.1) is 11.3 Å². The lowest BCUT2D eigenvalue weighted by Gasteiger charge is -2.09. The van der Waals surface area contributed by atoms with Crippen molar-refractivity contribution in [3.05, 3.63) is 63.6 Å². The van der Waals surface area contributed by atoms with Gasteiger partial charge in [0, 0.05) is 5.02 Å². The second kappa shape index (κ2) is 7.58. The Kier molecular flexibility index (Phi) is 5.21. The minimum atomic E-state index is -0.842.